The number of hydrogen-bond donors (Lipinski definition) is 1. The number of allylic oxidation sites excluding steroid dienone is 1. The first-order valence-corrected chi connectivity index (χ1v) is 11.6. The molecule has 0 atom stereocenters. The number of H-pyrrole nitrogens is 1. The van der Waals surface area contributed by atoms with Crippen LogP contribution in [0.3, 0.4) is 0 Å². The molecule has 2 aliphatic heterocycles. The van der Waals surface area contributed by atoms with Gasteiger partial charge in [0.25, 0.3) is 0 Å². The maximum atomic E-state index is 5.02. The van der Waals surface area contributed by atoms with Crippen LogP contribution in [0.15, 0.2) is 60.7 Å². The molecule has 5 heterocycles. The largest absolute Gasteiger partial charge is 0.355 e. The molecule has 2 aliphatic rings. The van der Waals surface area contributed by atoms with Gasteiger partial charge in [-0.15, -0.1) is 0 Å². The Morgan fingerprint density at radius 1 is 0.743 bits per heavy atom. The summed E-state index contributed by atoms with van der Waals surface area (Å²) < 4.78 is 2.30. The molecule has 35 heavy (non-hydrogen) atoms. The second kappa shape index (κ2) is 8.84. The van der Waals surface area contributed by atoms with Gasteiger partial charge in [-0.1, -0.05) is 30.3 Å². The summed E-state index contributed by atoms with van der Waals surface area (Å²) in [5.74, 6) is 0. The molecule has 0 fully saturated rings. The van der Waals surface area contributed by atoms with Crippen molar-refractivity contribution in [2.75, 3.05) is 0 Å². The maximum Gasteiger partial charge on any atom is 0.0716 e. The Hall–Kier alpha value is -3.67. The fraction of sp³-hybridized carbons (Fsp3) is 0.133. The van der Waals surface area contributed by atoms with Crippen molar-refractivity contribution in [3.8, 4) is 11.1 Å². The predicted octanol–water partition coefficient (Wildman–Crippen LogP) is 7.34. The number of aryl methyl sites for hydroxylation is 3. The monoisotopic (exact) mass is 501 g/mol. The zero-order chi connectivity index (χ0) is 23.4. The van der Waals surface area contributed by atoms with Gasteiger partial charge in [0.15, 0.2) is 0 Å². The summed E-state index contributed by atoms with van der Waals surface area (Å²) in [5.41, 5.74) is 14.3. The second-order valence-corrected chi connectivity index (χ2v) is 9.09. The summed E-state index contributed by atoms with van der Waals surface area (Å²) in [6.07, 6.45) is 6.32. The molecule has 3 aromatic heterocycles. The van der Waals surface area contributed by atoms with Gasteiger partial charge in [0, 0.05) is 45.9 Å². The van der Waals surface area contributed by atoms with Gasteiger partial charge in [0.05, 0.1) is 28.3 Å². The molecule has 0 saturated heterocycles. The van der Waals surface area contributed by atoms with E-state index in [2.05, 4.69) is 116 Å². The SMILES string of the molecule is CC1=Cc2cc3ccc(cc4nc(cc5c(-c6ccccc6)c(C)c(c(C)c1n2)n5C)C=C4)[nH]3.[Co]. The first-order valence-electron chi connectivity index (χ1n) is 11.6. The second-order valence-electron chi connectivity index (χ2n) is 9.09. The summed E-state index contributed by atoms with van der Waals surface area (Å²) in [5, 5.41) is 0. The molecule has 0 amide bonds. The molecular weight excluding hydrogens is 475 g/mol. The van der Waals surface area contributed by atoms with Crippen molar-refractivity contribution in [3.63, 3.8) is 0 Å². The van der Waals surface area contributed by atoms with Crippen molar-refractivity contribution in [3.05, 3.63) is 94.6 Å². The predicted molar refractivity (Wildman–Crippen MR) is 143 cm³/mol. The van der Waals surface area contributed by atoms with Crippen LogP contribution in [0.1, 0.15) is 40.8 Å². The zero-order valence-electron chi connectivity index (χ0n) is 20.2. The van der Waals surface area contributed by atoms with E-state index in [1.165, 1.54) is 33.3 Å². The van der Waals surface area contributed by atoms with Crippen molar-refractivity contribution in [2.24, 2.45) is 7.05 Å². The molecule has 4 aromatic rings. The van der Waals surface area contributed by atoms with E-state index in [-0.39, 0.29) is 16.8 Å². The molecule has 6 rings (SSSR count). The van der Waals surface area contributed by atoms with Crippen LogP contribution in [0.25, 0.3) is 57.0 Å². The van der Waals surface area contributed by atoms with E-state index in [0.717, 1.165) is 39.3 Å². The Labute approximate surface area is 215 Å². The van der Waals surface area contributed by atoms with Gasteiger partial charge in [-0.3, -0.25) is 0 Å². The maximum absolute atomic E-state index is 5.02. The molecule has 175 valence electrons. The third kappa shape index (κ3) is 3.97. The summed E-state index contributed by atoms with van der Waals surface area (Å²) >= 11 is 0. The molecule has 1 radical (unpaired) electrons. The quantitative estimate of drug-likeness (QED) is 0.261. The average Bonchev–Trinajstić information content (AvgIpc) is 3.58. The van der Waals surface area contributed by atoms with Crippen LogP contribution in [-0.4, -0.2) is 19.5 Å². The van der Waals surface area contributed by atoms with Crippen molar-refractivity contribution < 1.29 is 16.8 Å². The molecule has 0 saturated carbocycles. The van der Waals surface area contributed by atoms with Crippen molar-refractivity contribution in [1.82, 2.24) is 19.5 Å². The van der Waals surface area contributed by atoms with Crippen LogP contribution in [0.2, 0.25) is 0 Å². The fourth-order valence-electron chi connectivity index (χ4n) is 5.24. The van der Waals surface area contributed by atoms with Gasteiger partial charge in [-0.2, -0.15) is 0 Å². The number of benzene rings is 1. The van der Waals surface area contributed by atoms with Gasteiger partial charge in [-0.25, -0.2) is 9.97 Å². The molecule has 8 bridgehead atoms. The Morgan fingerprint density at radius 2 is 1.40 bits per heavy atom. The Bertz CT molecular complexity index is 1680. The molecule has 0 unspecified atom stereocenters. The van der Waals surface area contributed by atoms with Crippen LogP contribution >= 0.6 is 0 Å². The van der Waals surface area contributed by atoms with Crippen LogP contribution in [0.5, 0.6) is 0 Å². The van der Waals surface area contributed by atoms with Crippen LogP contribution in [0, 0.1) is 13.8 Å². The summed E-state index contributed by atoms with van der Waals surface area (Å²) in [6.45, 7) is 6.54. The van der Waals surface area contributed by atoms with Gasteiger partial charge in [0.2, 0.25) is 0 Å². The van der Waals surface area contributed by atoms with E-state index in [9.17, 15) is 0 Å². The number of nitrogens with zero attached hydrogens (tertiary/aromatic N) is 3. The normalized spacial score (nSPS) is 12.4. The van der Waals surface area contributed by atoms with Gasteiger partial charge < -0.3 is 9.55 Å². The molecule has 5 heteroatoms. The van der Waals surface area contributed by atoms with Crippen LogP contribution in [-0.2, 0) is 23.8 Å². The third-order valence-corrected chi connectivity index (χ3v) is 6.74. The molecule has 0 aliphatic carbocycles. The average molecular weight is 501 g/mol. The molecule has 0 spiro atoms. The standard InChI is InChI=1S/C30H26N4.Co/c1-18-14-26-16-24-11-10-22(31-24)15-23-12-13-25(32-23)17-27-28(21-8-6-5-7-9-21)19(2)30(34(27)4)20(3)29(18)33-26;/h5-17,31H,1-4H3;. The number of hydrogen-bond acceptors (Lipinski definition) is 2. The molecule has 4 nitrogen and oxygen atoms in total. The third-order valence-electron chi connectivity index (χ3n) is 6.74. The topological polar surface area (TPSA) is 46.5 Å². The summed E-state index contributed by atoms with van der Waals surface area (Å²) in [7, 11) is 2.15. The van der Waals surface area contributed by atoms with Gasteiger partial charge in [0.1, 0.15) is 0 Å². The zero-order valence-corrected chi connectivity index (χ0v) is 21.2. The number of rotatable bonds is 1. The van der Waals surface area contributed by atoms with Crippen LogP contribution < -0.4 is 0 Å². The van der Waals surface area contributed by atoms with Gasteiger partial charge in [-0.05, 0) is 91.6 Å². The fourth-order valence-corrected chi connectivity index (χ4v) is 5.24. The number of aromatic nitrogens is 4. The van der Waals surface area contributed by atoms with Crippen molar-refractivity contribution >= 4 is 45.9 Å². The van der Waals surface area contributed by atoms with Gasteiger partial charge >= 0.3 is 0 Å². The van der Waals surface area contributed by atoms with E-state index < -0.39 is 0 Å². The summed E-state index contributed by atoms with van der Waals surface area (Å²) in [4.78, 5) is 13.4. The molecule has 1 aromatic carbocycles. The number of aromatic amines is 1. The van der Waals surface area contributed by atoms with E-state index in [1.54, 1.807) is 0 Å². The number of fused-ring (bicyclic) bond motifs is 8. The van der Waals surface area contributed by atoms with E-state index in [4.69, 9.17) is 9.97 Å². The minimum absolute atomic E-state index is 0. The Kier molecular flexibility index (Phi) is 5.83. The molecule has 1 N–H and O–H groups in total. The number of nitrogens with one attached hydrogen (secondary N) is 1. The Balaban J connectivity index is 0.00000253. The smallest absolute Gasteiger partial charge is 0.0716 e. The minimum Gasteiger partial charge on any atom is -0.355 e. The van der Waals surface area contributed by atoms with Crippen molar-refractivity contribution in [1.29, 1.82) is 0 Å². The first-order chi connectivity index (χ1) is 16.5. The van der Waals surface area contributed by atoms with Crippen LogP contribution in [0.4, 0.5) is 0 Å². The minimum atomic E-state index is 0. The first kappa shape index (κ1) is 23.1. The molecular formula is C30H26CoN4. The van der Waals surface area contributed by atoms with Crippen molar-refractivity contribution in [2.45, 2.75) is 20.8 Å². The summed E-state index contributed by atoms with van der Waals surface area (Å²) in [6, 6.07) is 21.2. The van der Waals surface area contributed by atoms with E-state index in [1.807, 2.05) is 0 Å². The van der Waals surface area contributed by atoms with E-state index >= 15 is 0 Å². The van der Waals surface area contributed by atoms with E-state index in [0.29, 0.717) is 0 Å². The Morgan fingerprint density at radius 3 is 2.11 bits per heavy atom.